The zero-order valence-corrected chi connectivity index (χ0v) is 10.2. The second-order valence-corrected chi connectivity index (χ2v) is 4.75. The lowest BCUT2D eigenvalue weighted by Crippen LogP contribution is -2.22. The summed E-state index contributed by atoms with van der Waals surface area (Å²) in [6.07, 6.45) is 3.65. The van der Waals surface area contributed by atoms with Crippen LogP contribution in [0.2, 0.25) is 0 Å². The molecule has 1 atom stereocenters. The third-order valence-electron chi connectivity index (χ3n) is 3.46. The van der Waals surface area contributed by atoms with Gasteiger partial charge >= 0.3 is 0 Å². The average molecular weight is 218 g/mol. The Hall–Kier alpha value is -1.02. The summed E-state index contributed by atoms with van der Waals surface area (Å²) < 4.78 is 0. The number of hydrogen-bond acceptors (Lipinski definition) is 2. The van der Waals surface area contributed by atoms with Crippen molar-refractivity contribution in [3.05, 3.63) is 29.8 Å². The first-order chi connectivity index (χ1) is 7.83. The maximum absolute atomic E-state index is 5.71. The highest BCUT2D eigenvalue weighted by Gasteiger charge is 2.20. The van der Waals surface area contributed by atoms with Crippen molar-refractivity contribution in [2.75, 3.05) is 24.5 Å². The number of nitrogens with zero attached hydrogens (tertiary/aromatic N) is 1. The van der Waals surface area contributed by atoms with Crippen molar-refractivity contribution >= 4 is 5.69 Å². The first-order valence-corrected chi connectivity index (χ1v) is 6.37. The van der Waals surface area contributed by atoms with Crippen LogP contribution in [0.25, 0.3) is 0 Å². The number of aryl methyl sites for hydroxylation is 1. The molecule has 1 heterocycles. The van der Waals surface area contributed by atoms with Gasteiger partial charge in [0.15, 0.2) is 0 Å². The van der Waals surface area contributed by atoms with Gasteiger partial charge in [-0.3, -0.25) is 0 Å². The molecular formula is C14H22N2. The van der Waals surface area contributed by atoms with Gasteiger partial charge in [0.25, 0.3) is 0 Å². The molecule has 2 nitrogen and oxygen atoms in total. The molecule has 1 fully saturated rings. The summed E-state index contributed by atoms with van der Waals surface area (Å²) in [5.74, 6) is 0.690. The van der Waals surface area contributed by atoms with Crippen LogP contribution < -0.4 is 10.6 Å². The van der Waals surface area contributed by atoms with Crippen molar-refractivity contribution in [1.82, 2.24) is 0 Å². The molecule has 0 saturated carbocycles. The van der Waals surface area contributed by atoms with Gasteiger partial charge in [-0.15, -0.1) is 0 Å². The van der Waals surface area contributed by atoms with Crippen LogP contribution in [0.1, 0.15) is 25.3 Å². The molecule has 2 rings (SSSR count). The Balaban J connectivity index is 1.99. The first-order valence-electron chi connectivity index (χ1n) is 6.37. The SMILES string of the molecule is CCCc1ccc(N2CCC(CN)C2)cc1. The van der Waals surface area contributed by atoms with Crippen molar-refractivity contribution in [2.45, 2.75) is 26.2 Å². The molecule has 1 aromatic rings. The molecule has 2 N–H and O–H groups in total. The summed E-state index contributed by atoms with van der Waals surface area (Å²) in [5, 5.41) is 0. The van der Waals surface area contributed by atoms with E-state index < -0.39 is 0 Å². The van der Waals surface area contributed by atoms with E-state index in [4.69, 9.17) is 5.73 Å². The molecule has 0 spiro atoms. The first kappa shape index (κ1) is 11.5. The smallest absolute Gasteiger partial charge is 0.0366 e. The van der Waals surface area contributed by atoms with Crippen LogP contribution in [0.3, 0.4) is 0 Å². The van der Waals surface area contributed by atoms with Crippen LogP contribution in [0.15, 0.2) is 24.3 Å². The van der Waals surface area contributed by atoms with E-state index in [1.165, 1.54) is 30.5 Å². The van der Waals surface area contributed by atoms with E-state index in [-0.39, 0.29) is 0 Å². The van der Waals surface area contributed by atoms with Gasteiger partial charge in [0.2, 0.25) is 0 Å². The van der Waals surface area contributed by atoms with Crippen LogP contribution in [0, 0.1) is 5.92 Å². The highest BCUT2D eigenvalue weighted by atomic mass is 15.2. The molecule has 0 bridgehead atoms. The molecule has 0 aliphatic carbocycles. The van der Waals surface area contributed by atoms with E-state index in [1.807, 2.05) is 0 Å². The lowest BCUT2D eigenvalue weighted by atomic mass is 10.1. The van der Waals surface area contributed by atoms with Crippen LogP contribution >= 0.6 is 0 Å². The molecule has 1 aliphatic heterocycles. The van der Waals surface area contributed by atoms with E-state index >= 15 is 0 Å². The number of anilines is 1. The van der Waals surface area contributed by atoms with Gasteiger partial charge in [0.05, 0.1) is 0 Å². The van der Waals surface area contributed by atoms with Gasteiger partial charge in [-0.25, -0.2) is 0 Å². The van der Waals surface area contributed by atoms with Gasteiger partial charge < -0.3 is 10.6 Å². The van der Waals surface area contributed by atoms with Gasteiger partial charge in [0, 0.05) is 18.8 Å². The van der Waals surface area contributed by atoms with Crippen molar-refractivity contribution in [3.63, 3.8) is 0 Å². The van der Waals surface area contributed by atoms with Crippen LogP contribution in [0.4, 0.5) is 5.69 Å². The van der Waals surface area contributed by atoms with E-state index in [0.717, 1.165) is 19.6 Å². The Labute approximate surface area is 98.4 Å². The minimum atomic E-state index is 0.690. The average Bonchev–Trinajstić information content (AvgIpc) is 2.79. The molecule has 1 saturated heterocycles. The van der Waals surface area contributed by atoms with Gasteiger partial charge in [-0.2, -0.15) is 0 Å². The maximum Gasteiger partial charge on any atom is 0.0366 e. The fourth-order valence-corrected chi connectivity index (χ4v) is 2.42. The number of nitrogens with two attached hydrogens (primary N) is 1. The summed E-state index contributed by atoms with van der Waals surface area (Å²) in [6.45, 7) is 5.34. The maximum atomic E-state index is 5.71. The molecular weight excluding hydrogens is 196 g/mol. The van der Waals surface area contributed by atoms with E-state index in [0.29, 0.717) is 5.92 Å². The highest BCUT2D eigenvalue weighted by molar-refractivity contribution is 5.48. The number of rotatable bonds is 4. The summed E-state index contributed by atoms with van der Waals surface area (Å²) in [6, 6.07) is 9.02. The predicted octanol–water partition coefficient (Wildman–Crippen LogP) is 2.42. The summed E-state index contributed by atoms with van der Waals surface area (Å²) in [4.78, 5) is 2.45. The Bertz CT molecular complexity index is 318. The Morgan fingerprint density at radius 3 is 2.62 bits per heavy atom. The van der Waals surface area contributed by atoms with Crippen LogP contribution in [0.5, 0.6) is 0 Å². The fourth-order valence-electron chi connectivity index (χ4n) is 2.42. The largest absolute Gasteiger partial charge is 0.371 e. The summed E-state index contributed by atoms with van der Waals surface area (Å²) >= 11 is 0. The predicted molar refractivity (Wildman–Crippen MR) is 69.8 cm³/mol. The van der Waals surface area contributed by atoms with Gasteiger partial charge in [-0.1, -0.05) is 25.5 Å². The molecule has 1 unspecified atom stereocenters. The fraction of sp³-hybridized carbons (Fsp3) is 0.571. The third-order valence-corrected chi connectivity index (χ3v) is 3.46. The molecule has 1 aromatic carbocycles. The van der Waals surface area contributed by atoms with Crippen molar-refractivity contribution in [3.8, 4) is 0 Å². The molecule has 16 heavy (non-hydrogen) atoms. The zero-order valence-electron chi connectivity index (χ0n) is 10.2. The zero-order chi connectivity index (χ0) is 11.4. The molecule has 88 valence electrons. The number of benzene rings is 1. The Morgan fingerprint density at radius 1 is 1.31 bits per heavy atom. The van der Waals surface area contributed by atoms with E-state index in [9.17, 15) is 0 Å². The normalized spacial score (nSPS) is 20.4. The van der Waals surface area contributed by atoms with Gasteiger partial charge in [-0.05, 0) is 43.0 Å². The van der Waals surface area contributed by atoms with Crippen molar-refractivity contribution < 1.29 is 0 Å². The lowest BCUT2D eigenvalue weighted by Gasteiger charge is -2.18. The quantitative estimate of drug-likeness (QED) is 0.841. The summed E-state index contributed by atoms with van der Waals surface area (Å²) in [5.41, 5.74) is 8.51. The second-order valence-electron chi connectivity index (χ2n) is 4.75. The molecule has 0 radical (unpaired) electrons. The topological polar surface area (TPSA) is 29.3 Å². The monoisotopic (exact) mass is 218 g/mol. The molecule has 0 amide bonds. The third kappa shape index (κ3) is 2.56. The molecule has 2 heteroatoms. The van der Waals surface area contributed by atoms with Gasteiger partial charge in [0.1, 0.15) is 0 Å². The minimum Gasteiger partial charge on any atom is -0.371 e. The summed E-state index contributed by atoms with van der Waals surface area (Å²) in [7, 11) is 0. The lowest BCUT2D eigenvalue weighted by molar-refractivity contribution is 0.602. The standard InChI is InChI=1S/C14H22N2/c1-2-3-12-4-6-14(7-5-12)16-9-8-13(10-15)11-16/h4-7,13H,2-3,8-11,15H2,1H3. The van der Waals surface area contributed by atoms with Crippen LogP contribution in [-0.4, -0.2) is 19.6 Å². The minimum absolute atomic E-state index is 0.690. The molecule has 1 aliphatic rings. The van der Waals surface area contributed by atoms with Crippen LogP contribution in [-0.2, 0) is 6.42 Å². The molecule has 0 aromatic heterocycles. The Kier molecular flexibility index (Phi) is 3.83. The number of hydrogen-bond donors (Lipinski definition) is 1. The van der Waals surface area contributed by atoms with E-state index in [2.05, 4.69) is 36.1 Å². The second kappa shape index (κ2) is 5.35. The van der Waals surface area contributed by atoms with E-state index in [1.54, 1.807) is 0 Å². The Morgan fingerprint density at radius 2 is 2.06 bits per heavy atom. The van der Waals surface area contributed by atoms with Crippen molar-refractivity contribution in [2.24, 2.45) is 11.7 Å². The van der Waals surface area contributed by atoms with Crippen molar-refractivity contribution in [1.29, 1.82) is 0 Å². The highest BCUT2D eigenvalue weighted by Crippen LogP contribution is 2.23.